The van der Waals surface area contributed by atoms with Crippen LogP contribution in [0.2, 0.25) is 0 Å². The zero-order valence-corrected chi connectivity index (χ0v) is 10.4. The SMILES string of the molecule is CC1CN(CC(=O)N2CCNC2=O)CC(C)N1. The monoisotopic (exact) mass is 240 g/mol. The number of amides is 3. The van der Waals surface area contributed by atoms with Gasteiger partial charge in [0.2, 0.25) is 5.91 Å². The Morgan fingerprint density at radius 1 is 1.35 bits per heavy atom. The molecule has 96 valence electrons. The summed E-state index contributed by atoms with van der Waals surface area (Å²) in [6.45, 7) is 7.32. The zero-order valence-electron chi connectivity index (χ0n) is 10.4. The molecule has 0 spiro atoms. The van der Waals surface area contributed by atoms with Crippen molar-refractivity contribution in [3.63, 3.8) is 0 Å². The lowest BCUT2D eigenvalue weighted by atomic mass is 10.1. The Balaban J connectivity index is 1.87. The van der Waals surface area contributed by atoms with Crippen LogP contribution >= 0.6 is 0 Å². The van der Waals surface area contributed by atoms with E-state index in [1.807, 2.05) is 0 Å². The second-order valence-corrected chi connectivity index (χ2v) is 4.94. The summed E-state index contributed by atoms with van der Waals surface area (Å²) in [6, 6.07) is 0.518. The van der Waals surface area contributed by atoms with Crippen molar-refractivity contribution in [2.75, 3.05) is 32.7 Å². The molecule has 3 amide bonds. The van der Waals surface area contributed by atoms with Crippen molar-refractivity contribution in [2.45, 2.75) is 25.9 Å². The van der Waals surface area contributed by atoms with E-state index in [4.69, 9.17) is 0 Å². The van der Waals surface area contributed by atoms with Crippen LogP contribution in [0.15, 0.2) is 0 Å². The third-order valence-corrected chi connectivity index (χ3v) is 3.15. The average Bonchev–Trinajstić information content (AvgIpc) is 2.62. The topological polar surface area (TPSA) is 64.7 Å². The summed E-state index contributed by atoms with van der Waals surface area (Å²) in [5.74, 6) is -0.0960. The smallest absolute Gasteiger partial charge is 0.324 e. The Labute approximate surface area is 101 Å². The Morgan fingerprint density at radius 3 is 2.53 bits per heavy atom. The molecule has 2 aliphatic heterocycles. The fourth-order valence-electron chi connectivity index (χ4n) is 2.56. The van der Waals surface area contributed by atoms with E-state index in [1.54, 1.807) is 0 Å². The first-order valence-electron chi connectivity index (χ1n) is 6.13. The summed E-state index contributed by atoms with van der Waals surface area (Å²) in [5.41, 5.74) is 0. The Kier molecular flexibility index (Phi) is 3.63. The van der Waals surface area contributed by atoms with E-state index in [1.165, 1.54) is 4.90 Å². The van der Waals surface area contributed by atoms with Crippen LogP contribution in [0.3, 0.4) is 0 Å². The fourth-order valence-corrected chi connectivity index (χ4v) is 2.56. The van der Waals surface area contributed by atoms with Gasteiger partial charge in [-0.25, -0.2) is 4.79 Å². The largest absolute Gasteiger partial charge is 0.336 e. The highest BCUT2D eigenvalue weighted by atomic mass is 16.2. The van der Waals surface area contributed by atoms with Crippen molar-refractivity contribution < 1.29 is 9.59 Å². The molecule has 2 fully saturated rings. The number of carbonyl (C=O) groups excluding carboxylic acids is 2. The van der Waals surface area contributed by atoms with Crippen LogP contribution in [0, 0.1) is 0 Å². The van der Waals surface area contributed by atoms with E-state index in [-0.39, 0.29) is 11.9 Å². The summed E-state index contributed by atoms with van der Waals surface area (Å²) in [5, 5.41) is 6.06. The van der Waals surface area contributed by atoms with E-state index in [0.29, 0.717) is 31.7 Å². The van der Waals surface area contributed by atoms with Crippen molar-refractivity contribution in [3.05, 3.63) is 0 Å². The number of hydrogen-bond acceptors (Lipinski definition) is 4. The molecule has 0 bridgehead atoms. The van der Waals surface area contributed by atoms with Crippen molar-refractivity contribution in [1.29, 1.82) is 0 Å². The van der Waals surface area contributed by atoms with Gasteiger partial charge in [0.1, 0.15) is 0 Å². The van der Waals surface area contributed by atoms with Gasteiger partial charge in [0.05, 0.1) is 6.54 Å². The summed E-state index contributed by atoms with van der Waals surface area (Å²) in [4.78, 5) is 26.7. The Morgan fingerprint density at radius 2 is 2.00 bits per heavy atom. The van der Waals surface area contributed by atoms with Crippen molar-refractivity contribution in [2.24, 2.45) is 0 Å². The molecular weight excluding hydrogens is 220 g/mol. The highest BCUT2D eigenvalue weighted by Gasteiger charge is 2.29. The number of urea groups is 1. The Hall–Kier alpha value is -1.14. The molecule has 0 aromatic rings. The van der Waals surface area contributed by atoms with E-state index in [9.17, 15) is 9.59 Å². The third-order valence-electron chi connectivity index (χ3n) is 3.15. The molecule has 6 nitrogen and oxygen atoms in total. The van der Waals surface area contributed by atoms with E-state index < -0.39 is 0 Å². The molecule has 0 saturated carbocycles. The fraction of sp³-hybridized carbons (Fsp3) is 0.818. The maximum Gasteiger partial charge on any atom is 0.324 e. The molecular formula is C11H20N4O2. The number of carbonyl (C=O) groups is 2. The van der Waals surface area contributed by atoms with Gasteiger partial charge in [0.25, 0.3) is 0 Å². The predicted octanol–water partition coefficient (Wildman–Crippen LogP) is -0.780. The molecule has 2 unspecified atom stereocenters. The molecule has 2 N–H and O–H groups in total. The maximum absolute atomic E-state index is 11.9. The molecule has 0 radical (unpaired) electrons. The standard InChI is InChI=1S/C11H20N4O2/c1-8-5-14(6-9(2)13-8)7-10(16)15-4-3-12-11(15)17/h8-9,13H,3-7H2,1-2H3,(H,12,17). The van der Waals surface area contributed by atoms with Gasteiger partial charge >= 0.3 is 6.03 Å². The minimum atomic E-state index is -0.258. The van der Waals surface area contributed by atoms with Crippen LogP contribution in [0.1, 0.15) is 13.8 Å². The van der Waals surface area contributed by atoms with Crippen LogP contribution in [0.4, 0.5) is 4.79 Å². The van der Waals surface area contributed by atoms with Crippen LogP contribution < -0.4 is 10.6 Å². The third kappa shape index (κ3) is 2.95. The number of nitrogens with zero attached hydrogens (tertiary/aromatic N) is 2. The highest BCUT2D eigenvalue weighted by Crippen LogP contribution is 2.06. The second-order valence-electron chi connectivity index (χ2n) is 4.94. The second kappa shape index (κ2) is 5.01. The molecule has 17 heavy (non-hydrogen) atoms. The van der Waals surface area contributed by atoms with Crippen LogP contribution in [-0.4, -0.2) is 66.5 Å². The zero-order chi connectivity index (χ0) is 12.4. The average molecular weight is 240 g/mol. The molecule has 2 rings (SSSR count). The lowest BCUT2D eigenvalue weighted by molar-refractivity contribution is -0.129. The van der Waals surface area contributed by atoms with Crippen molar-refractivity contribution in [1.82, 2.24) is 20.4 Å². The minimum Gasteiger partial charge on any atom is -0.336 e. The predicted molar refractivity (Wildman–Crippen MR) is 63.6 cm³/mol. The first-order valence-corrected chi connectivity index (χ1v) is 6.13. The van der Waals surface area contributed by atoms with Crippen molar-refractivity contribution >= 4 is 11.9 Å². The van der Waals surface area contributed by atoms with Crippen molar-refractivity contribution in [3.8, 4) is 0 Å². The minimum absolute atomic E-state index is 0.0960. The molecule has 2 atom stereocenters. The van der Waals surface area contributed by atoms with Crippen LogP contribution in [0.25, 0.3) is 0 Å². The number of imide groups is 1. The number of rotatable bonds is 2. The molecule has 6 heteroatoms. The van der Waals surface area contributed by atoms with Gasteiger partial charge in [0, 0.05) is 38.3 Å². The van der Waals surface area contributed by atoms with E-state index >= 15 is 0 Å². The number of piperazine rings is 1. The van der Waals surface area contributed by atoms with Gasteiger partial charge in [-0.05, 0) is 13.8 Å². The van der Waals surface area contributed by atoms with Gasteiger partial charge in [-0.3, -0.25) is 14.6 Å². The first-order chi connectivity index (χ1) is 8.06. The summed E-state index contributed by atoms with van der Waals surface area (Å²) >= 11 is 0. The number of nitrogens with one attached hydrogen (secondary N) is 2. The Bertz CT molecular complexity index is 311. The summed E-state index contributed by atoms with van der Waals surface area (Å²) in [7, 11) is 0. The molecule has 0 aromatic carbocycles. The van der Waals surface area contributed by atoms with Crippen LogP contribution in [0.5, 0.6) is 0 Å². The lowest BCUT2D eigenvalue weighted by Crippen LogP contribution is -2.56. The van der Waals surface area contributed by atoms with E-state index in [2.05, 4.69) is 29.4 Å². The van der Waals surface area contributed by atoms with Gasteiger partial charge < -0.3 is 10.6 Å². The van der Waals surface area contributed by atoms with Gasteiger partial charge in [-0.2, -0.15) is 0 Å². The summed E-state index contributed by atoms with van der Waals surface area (Å²) in [6.07, 6.45) is 0. The van der Waals surface area contributed by atoms with Gasteiger partial charge in [-0.1, -0.05) is 0 Å². The summed E-state index contributed by atoms with van der Waals surface area (Å²) < 4.78 is 0. The lowest BCUT2D eigenvalue weighted by Gasteiger charge is -2.36. The van der Waals surface area contributed by atoms with Gasteiger partial charge in [-0.15, -0.1) is 0 Å². The normalized spacial score (nSPS) is 30.5. The maximum atomic E-state index is 11.9. The quantitative estimate of drug-likeness (QED) is 0.664. The molecule has 2 heterocycles. The molecule has 2 saturated heterocycles. The number of hydrogen-bond donors (Lipinski definition) is 2. The molecule has 0 aliphatic carbocycles. The molecule has 0 aromatic heterocycles. The van der Waals surface area contributed by atoms with Crippen LogP contribution in [-0.2, 0) is 4.79 Å². The first kappa shape index (κ1) is 12.3. The highest BCUT2D eigenvalue weighted by molar-refractivity contribution is 5.96. The molecule has 2 aliphatic rings. The van der Waals surface area contributed by atoms with E-state index in [0.717, 1.165) is 13.1 Å². The van der Waals surface area contributed by atoms with Gasteiger partial charge in [0.15, 0.2) is 0 Å².